The van der Waals surface area contributed by atoms with E-state index in [1.165, 1.54) is 17.8 Å². The molecule has 0 radical (unpaired) electrons. The van der Waals surface area contributed by atoms with Crippen molar-refractivity contribution in [3.63, 3.8) is 0 Å². The fraction of sp³-hybridized carbons (Fsp3) is 0.200. The van der Waals surface area contributed by atoms with Gasteiger partial charge in [0.15, 0.2) is 10.2 Å². The number of aromatic nitrogens is 2. The molecule has 3 aromatic rings. The number of fused-ring (bicyclic) bond motifs is 1. The Balaban J connectivity index is 1.45. The number of furan rings is 1. The fourth-order valence-corrected chi connectivity index (χ4v) is 4.32. The number of hydrogen-bond donors (Lipinski definition) is 1. The topological polar surface area (TPSA) is 106 Å². The third-order valence-electron chi connectivity index (χ3n) is 3.97. The SMILES string of the molecule is CC(C)OC(=O)CN1C(=O)S/C(=C/c2ccc(Sc3nc4ccccc4[nH]3)o2)C1=O. The van der Waals surface area contributed by atoms with E-state index in [0.29, 0.717) is 16.0 Å². The zero-order valence-corrected chi connectivity index (χ0v) is 17.7. The zero-order chi connectivity index (χ0) is 21.3. The molecule has 0 aliphatic carbocycles. The smallest absolute Gasteiger partial charge is 0.326 e. The molecule has 4 rings (SSSR count). The molecule has 30 heavy (non-hydrogen) atoms. The van der Waals surface area contributed by atoms with Gasteiger partial charge in [0.1, 0.15) is 12.3 Å². The number of amides is 2. The Bertz CT molecular complexity index is 1130. The first-order valence-corrected chi connectivity index (χ1v) is 10.7. The average molecular weight is 444 g/mol. The number of thioether (sulfide) groups is 1. The highest BCUT2D eigenvalue weighted by atomic mass is 32.2. The van der Waals surface area contributed by atoms with E-state index < -0.39 is 23.7 Å². The van der Waals surface area contributed by atoms with Crippen LogP contribution >= 0.6 is 23.5 Å². The summed E-state index contributed by atoms with van der Waals surface area (Å²) in [5, 5.41) is 0.747. The van der Waals surface area contributed by atoms with E-state index in [1.807, 2.05) is 24.3 Å². The fourth-order valence-electron chi connectivity index (χ4n) is 2.73. The van der Waals surface area contributed by atoms with Crippen molar-refractivity contribution in [2.45, 2.75) is 30.2 Å². The van der Waals surface area contributed by atoms with Gasteiger partial charge in [-0.3, -0.25) is 19.3 Å². The van der Waals surface area contributed by atoms with E-state index >= 15 is 0 Å². The first-order chi connectivity index (χ1) is 14.4. The predicted molar refractivity (Wildman–Crippen MR) is 113 cm³/mol. The van der Waals surface area contributed by atoms with Crippen LogP contribution in [0, 0.1) is 0 Å². The van der Waals surface area contributed by atoms with Crippen LogP contribution in [-0.4, -0.2) is 44.6 Å². The van der Waals surface area contributed by atoms with Crippen LogP contribution in [0.1, 0.15) is 19.6 Å². The van der Waals surface area contributed by atoms with E-state index in [0.717, 1.165) is 27.7 Å². The number of carbonyl (C=O) groups excluding carboxylic acids is 3. The van der Waals surface area contributed by atoms with Crippen LogP contribution < -0.4 is 0 Å². The summed E-state index contributed by atoms with van der Waals surface area (Å²) in [4.78, 5) is 45.1. The Hall–Kier alpha value is -2.98. The number of benzene rings is 1. The molecule has 0 spiro atoms. The van der Waals surface area contributed by atoms with Crippen LogP contribution in [0.25, 0.3) is 17.1 Å². The molecule has 10 heteroatoms. The summed E-state index contributed by atoms with van der Waals surface area (Å²) in [7, 11) is 0. The van der Waals surface area contributed by atoms with Crippen molar-refractivity contribution in [1.82, 2.24) is 14.9 Å². The average Bonchev–Trinajstić information content (AvgIpc) is 3.36. The van der Waals surface area contributed by atoms with Gasteiger partial charge in [-0.25, -0.2) is 4.98 Å². The van der Waals surface area contributed by atoms with Crippen LogP contribution in [0.5, 0.6) is 0 Å². The van der Waals surface area contributed by atoms with Gasteiger partial charge >= 0.3 is 5.97 Å². The number of imide groups is 1. The second-order valence-electron chi connectivity index (χ2n) is 6.62. The Kier molecular flexibility index (Phi) is 5.69. The van der Waals surface area contributed by atoms with Crippen molar-refractivity contribution in [1.29, 1.82) is 0 Å². The molecule has 1 aromatic carbocycles. The Labute approximate surface area is 180 Å². The summed E-state index contributed by atoms with van der Waals surface area (Å²) in [6.45, 7) is 2.98. The van der Waals surface area contributed by atoms with E-state index in [2.05, 4.69) is 9.97 Å². The van der Waals surface area contributed by atoms with Crippen LogP contribution in [-0.2, 0) is 14.3 Å². The second-order valence-corrected chi connectivity index (χ2v) is 8.61. The number of hydrogen-bond acceptors (Lipinski definition) is 8. The number of imidazole rings is 1. The molecule has 8 nitrogen and oxygen atoms in total. The van der Waals surface area contributed by atoms with Crippen molar-refractivity contribution in [2.24, 2.45) is 0 Å². The van der Waals surface area contributed by atoms with Crippen molar-refractivity contribution in [3.05, 3.63) is 47.1 Å². The maximum absolute atomic E-state index is 12.5. The molecule has 0 atom stereocenters. The third kappa shape index (κ3) is 4.44. The first kappa shape index (κ1) is 20.3. The van der Waals surface area contributed by atoms with Gasteiger partial charge in [0.25, 0.3) is 11.1 Å². The number of nitrogens with one attached hydrogen (secondary N) is 1. The number of H-pyrrole nitrogens is 1. The summed E-state index contributed by atoms with van der Waals surface area (Å²) in [6, 6.07) is 11.1. The minimum atomic E-state index is -0.629. The lowest BCUT2D eigenvalue weighted by molar-refractivity contribution is -0.149. The van der Waals surface area contributed by atoms with E-state index in [1.54, 1.807) is 26.0 Å². The molecular weight excluding hydrogens is 426 g/mol. The summed E-state index contributed by atoms with van der Waals surface area (Å²) in [5.74, 6) is -0.756. The monoisotopic (exact) mass is 443 g/mol. The molecule has 0 saturated carbocycles. The molecule has 154 valence electrons. The Morgan fingerprint density at radius 1 is 1.30 bits per heavy atom. The van der Waals surface area contributed by atoms with Gasteiger partial charge < -0.3 is 14.1 Å². The van der Waals surface area contributed by atoms with Crippen molar-refractivity contribution in [3.8, 4) is 0 Å². The molecule has 0 bridgehead atoms. The maximum atomic E-state index is 12.5. The first-order valence-electron chi connectivity index (χ1n) is 9.06. The van der Waals surface area contributed by atoms with Gasteiger partial charge in [-0.05, 0) is 61.6 Å². The molecule has 1 saturated heterocycles. The number of esters is 1. The van der Waals surface area contributed by atoms with Gasteiger partial charge in [0.05, 0.1) is 22.0 Å². The number of rotatable bonds is 6. The van der Waals surface area contributed by atoms with Crippen LogP contribution in [0.2, 0.25) is 0 Å². The van der Waals surface area contributed by atoms with Crippen molar-refractivity contribution in [2.75, 3.05) is 6.54 Å². The second kappa shape index (κ2) is 8.41. The number of ether oxygens (including phenoxy) is 1. The van der Waals surface area contributed by atoms with Gasteiger partial charge in [0, 0.05) is 6.08 Å². The Morgan fingerprint density at radius 3 is 2.87 bits per heavy atom. The highest BCUT2D eigenvalue weighted by molar-refractivity contribution is 8.18. The number of carbonyl (C=O) groups is 3. The molecular formula is C20H17N3O5S2. The molecule has 1 N–H and O–H groups in total. The lowest BCUT2D eigenvalue weighted by atomic mass is 10.3. The van der Waals surface area contributed by atoms with Gasteiger partial charge in [-0.2, -0.15) is 0 Å². The van der Waals surface area contributed by atoms with E-state index in [4.69, 9.17) is 9.15 Å². The minimum Gasteiger partial charge on any atom is -0.462 e. The van der Waals surface area contributed by atoms with Gasteiger partial charge in [0.2, 0.25) is 0 Å². The van der Waals surface area contributed by atoms with Gasteiger partial charge in [-0.1, -0.05) is 12.1 Å². The normalized spacial score (nSPS) is 15.7. The van der Waals surface area contributed by atoms with E-state index in [9.17, 15) is 14.4 Å². The molecule has 3 heterocycles. The van der Waals surface area contributed by atoms with Gasteiger partial charge in [-0.15, -0.1) is 0 Å². The summed E-state index contributed by atoms with van der Waals surface area (Å²) in [6.07, 6.45) is 1.17. The molecule has 1 fully saturated rings. The Morgan fingerprint density at radius 2 is 2.10 bits per heavy atom. The van der Waals surface area contributed by atoms with Crippen LogP contribution in [0.15, 0.2) is 56.0 Å². The molecule has 0 unspecified atom stereocenters. The lowest BCUT2D eigenvalue weighted by Gasteiger charge is -2.13. The largest absolute Gasteiger partial charge is 0.462 e. The van der Waals surface area contributed by atoms with E-state index in [-0.39, 0.29) is 11.0 Å². The van der Waals surface area contributed by atoms with Crippen LogP contribution in [0.3, 0.4) is 0 Å². The maximum Gasteiger partial charge on any atom is 0.326 e. The molecule has 1 aliphatic heterocycles. The lowest BCUT2D eigenvalue weighted by Crippen LogP contribution is -2.35. The summed E-state index contributed by atoms with van der Waals surface area (Å²) in [5.41, 5.74) is 1.79. The molecule has 2 aromatic heterocycles. The highest BCUT2D eigenvalue weighted by Gasteiger charge is 2.37. The minimum absolute atomic E-state index is 0.187. The quantitative estimate of drug-likeness (QED) is 0.444. The van der Waals surface area contributed by atoms with Crippen LogP contribution in [0.4, 0.5) is 4.79 Å². The third-order valence-corrected chi connectivity index (χ3v) is 5.68. The highest BCUT2D eigenvalue weighted by Crippen LogP contribution is 2.34. The summed E-state index contributed by atoms with van der Waals surface area (Å²) >= 11 is 2.07. The zero-order valence-electron chi connectivity index (χ0n) is 16.1. The molecule has 1 aliphatic rings. The summed E-state index contributed by atoms with van der Waals surface area (Å²) < 4.78 is 10.7. The standard InChI is InChI=1S/C20H17N3O5S2/c1-11(2)27-16(24)10-23-18(25)15(29-20(23)26)9-12-7-8-17(28-12)30-19-21-13-5-3-4-6-14(13)22-19/h3-9,11H,10H2,1-2H3,(H,21,22)/b15-9+. The van der Waals surface area contributed by atoms with Crippen molar-refractivity contribution < 1.29 is 23.5 Å². The molecule has 2 amide bonds. The van der Waals surface area contributed by atoms with Crippen molar-refractivity contribution >= 4 is 57.7 Å². The number of nitrogens with zero attached hydrogens (tertiary/aromatic N) is 2. The number of aromatic amines is 1. The number of para-hydroxylation sites is 2. The predicted octanol–water partition coefficient (Wildman–Crippen LogP) is 4.30.